The highest BCUT2D eigenvalue weighted by molar-refractivity contribution is 5.96. The average molecular weight is 276 g/mol. The number of benzene rings is 1. The van der Waals surface area contributed by atoms with E-state index in [1.54, 1.807) is 30.2 Å². The van der Waals surface area contributed by atoms with E-state index in [0.29, 0.717) is 31.0 Å². The maximum absolute atomic E-state index is 12.5. The molecule has 4 heteroatoms. The molecule has 0 saturated heterocycles. The number of nitrogens with zero attached hydrogens (tertiary/aromatic N) is 1. The van der Waals surface area contributed by atoms with E-state index in [9.17, 15) is 4.79 Å². The van der Waals surface area contributed by atoms with Gasteiger partial charge in [-0.3, -0.25) is 4.79 Å². The molecule has 0 aliphatic rings. The summed E-state index contributed by atoms with van der Waals surface area (Å²) in [6.45, 7) is 9.19. The maximum Gasteiger partial charge on any atom is 0.257 e. The van der Waals surface area contributed by atoms with Crippen molar-refractivity contribution in [2.24, 2.45) is 11.1 Å². The lowest BCUT2D eigenvalue weighted by Gasteiger charge is -2.29. The molecule has 2 N–H and O–H groups in total. The smallest absolute Gasteiger partial charge is 0.257 e. The fourth-order valence-electron chi connectivity index (χ4n) is 1.90. The molecular weight excluding hydrogens is 252 g/mol. The van der Waals surface area contributed by atoms with Gasteiger partial charge in [0, 0.05) is 13.6 Å². The minimum atomic E-state index is -0.110. The van der Waals surface area contributed by atoms with Gasteiger partial charge in [-0.05, 0) is 24.1 Å². The van der Waals surface area contributed by atoms with Crippen LogP contribution < -0.4 is 10.5 Å². The first-order valence-electron chi connectivity index (χ1n) is 6.69. The van der Waals surface area contributed by atoms with E-state index >= 15 is 0 Å². The predicted molar refractivity (Wildman–Crippen MR) is 81.9 cm³/mol. The Labute approximate surface area is 121 Å². The lowest BCUT2D eigenvalue weighted by molar-refractivity contribution is 0.0736. The molecule has 4 nitrogen and oxygen atoms in total. The standard InChI is InChI=1S/C16H24N2O2/c1-5-10-20-14-9-7-6-8-13(14)15(19)18(4)12-16(2,3)11-17/h5-9H,1,10-12,17H2,2-4H3. The van der Waals surface area contributed by atoms with E-state index in [1.165, 1.54) is 0 Å². The monoisotopic (exact) mass is 276 g/mol. The zero-order valence-electron chi connectivity index (χ0n) is 12.6. The highest BCUT2D eigenvalue weighted by Crippen LogP contribution is 2.21. The van der Waals surface area contributed by atoms with Crippen LogP contribution in [0.15, 0.2) is 36.9 Å². The van der Waals surface area contributed by atoms with Gasteiger partial charge in [0.05, 0.1) is 5.56 Å². The molecule has 0 aromatic heterocycles. The van der Waals surface area contributed by atoms with Gasteiger partial charge in [-0.1, -0.05) is 38.6 Å². The molecule has 0 bridgehead atoms. The second-order valence-electron chi connectivity index (χ2n) is 5.63. The van der Waals surface area contributed by atoms with Gasteiger partial charge in [0.2, 0.25) is 0 Å². The zero-order chi connectivity index (χ0) is 15.2. The van der Waals surface area contributed by atoms with Crippen LogP contribution in [0.3, 0.4) is 0 Å². The molecule has 0 unspecified atom stereocenters. The highest BCUT2D eigenvalue weighted by atomic mass is 16.5. The molecule has 20 heavy (non-hydrogen) atoms. The van der Waals surface area contributed by atoms with Crippen molar-refractivity contribution in [3.05, 3.63) is 42.5 Å². The van der Waals surface area contributed by atoms with Gasteiger partial charge in [0.25, 0.3) is 5.91 Å². The van der Waals surface area contributed by atoms with Crippen molar-refractivity contribution in [2.75, 3.05) is 26.7 Å². The molecule has 1 aromatic rings. The second kappa shape index (κ2) is 7.10. The summed E-state index contributed by atoms with van der Waals surface area (Å²) < 4.78 is 5.52. The quantitative estimate of drug-likeness (QED) is 0.778. The number of nitrogens with two attached hydrogens (primary N) is 1. The fraction of sp³-hybridized carbons (Fsp3) is 0.438. The number of carbonyl (C=O) groups is 1. The zero-order valence-corrected chi connectivity index (χ0v) is 12.6. The fourth-order valence-corrected chi connectivity index (χ4v) is 1.90. The molecule has 0 heterocycles. The molecule has 0 aliphatic carbocycles. The number of rotatable bonds is 7. The molecular formula is C16H24N2O2. The largest absolute Gasteiger partial charge is 0.489 e. The van der Waals surface area contributed by atoms with Crippen LogP contribution in [0.5, 0.6) is 5.75 Å². The third-order valence-electron chi connectivity index (χ3n) is 3.04. The van der Waals surface area contributed by atoms with Crippen LogP contribution in [0.25, 0.3) is 0 Å². The van der Waals surface area contributed by atoms with Crippen LogP contribution in [0, 0.1) is 5.41 Å². The molecule has 1 rings (SSSR count). The Kier molecular flexibility index (Phi) is 5.77. The van der Waals surface area contributed by atoms with Crippen LogP contribution in [-0.4, -0.2) is 37.6 Å². The molecule has 0 radical (unpaired) electrons. The van der Waals surface area contributed by atoms with Gasteiger partial charge in [-0.2, -0.15) is 0 Å². The molecule has 0 saturated carbocycles. The Balaban J connectivity index is 2.88. The van der Waals surface area contributed by atoms with Crippen LogP contribution >= 0.6 is 0 Å². The van der Waals surface area contributed by atoms with E-state index in [0.717, 1.165) is 0 Å². The molecule has 1 aromatic carbocycles. The minimum Gasteiger partial charge on any atom is -0.489 e. The summed E-state index contributed by atoms with van der Waals surface area (Å²) in [5.41, 5.74) is 6.17. The predicted octanol–water partition coefficient (Wildman–Crippen LogP) is 2.31. The first kappa shape index (κ1) is 16.2. The Bertz CT molecular complexity index is 469. The Hall–Kier alpha value is -1.81. The van der Waals surface area contributed by atoms with E-state index in [4.69, 9.17) is 10.5 Å². The van der Waals surface area contributed by atoms with Crippen LogP contribution in [0.2, 0.25) is 0 Å². The van der Waals surface area contributed by atoms with Crippen molar-refractivity contribution in [3.63, 3.8) is 0 Å². The Morgan fingerprint density at radius 2 is 2.10 bits per heavy atom. The topological polar surface area (TPSA) is 55.6 Å². The van der Waals surface area contributed by atoms with E-state index < -0.39 is 0 Å². The summed E-state index contributed by atoms with van der Waals surface area (Å²) in [6.07, 6.45) is 1.66. The first-order valence-corrected chi connectivity index (χ1v) is 6.69. The summed E-state index contributed by atoms with van der Waals surface area (Å²) in [5, 5.41) is 0. The first-order chi connectivity index (χ1) is 9.41. The SMILES string of the molecule is C=CCOc1ccccc1C(=O)N(C)CC(C)(C)CN. The van der Waals surface area contributed by atoms with Crippen molar-refractivity contribution in [2.45, 2.75) is 13.8 Å². The summed E-state index contributed by atoms with van der Waals surface area (Å²) in [7, 11) is 1.78. The van der Waals surface area contributed by atoms with E-state index in [-0.39, 0.29) is 11.3 Å². The summed E-state index contributed by atoms with van der Waals surface area (Å²) >= 11 is 0. The van der Waals surface area contributed by atoms with Gasteiger partial charge in [-0.15, -0.1) is 0 Å². The second-order valence-corrected chi connectivity index (χ2v) is 5.63. The third kappa shape index (κ3) is 4.38. The van der Waals surface area contributed by atoms with Crippen LogP contribution in [-0.2, 0) is 0 Å². The molecule has 0 fully saturated rings. The highest BCUT2D eigenvalue weighted by Gasteiger charge is 2.23. The average Bonchev–Trinajstić information content (AvgIpc) is 2.44. The van der Waals surface area contributed by atoms with Crippen molar-refractivity contribution in [3.8, 4) is 5.75 Å². The van der Waals surface area contributed by atoms with Gasteiger partial charge in [-0.25, -0.2) is 0 Å². The number of amides is 1. The molecule has 0 aliphatic heterocycles. The summed E-state index contributed by atoms with van der Waals surface area (Å²) in [6, 6.07) is 7.24. The normalized spacial score (nSPS) is 11.0. The van der Waals surface area contributed by atoms with E-state index in [2.05, 4.69) is 6.58 Å². The maximum atomic E-state index is 12.5. The molecule has 110 valence electrons. The number of carbonyl (C=O) groups excluding carboxylic acids is 1. The third-order valence-corrected chi connectivity index (χ3v) is 3.04. The number of para-hydroxylation sites is 1. The Morgan fingerprint density at radius 3 is 2.70 bits per heavy atom. The van der Waals surface area contributed by atoms with Crippen molar-refractivity contribution >= 4 is 5.91 Å². The summed E-state index contributed by atoms with van der Waals surface area (Å²) in [4.78, 5) is 14.2. The molecule has 1 amide bonds. The van der Waals surface area contributed by atoms with Crippen molar-refractivity contribution in [1.82, 2.24) is 4.90 Å². The van der Waals surface area contributed by atoms with Crippen LogP contribution in [0.4, 0.5) is 0 Å². The van der Waals surface area contributed by atoms with Gasteiger partial charge >= 0.3 is 0 Å². The number of ether oxygens (including phenoxy) is 1. The number of hydrogen-bond acceptors (Lipinski definition) is 3. The van der Waals surface area contributed by atoms with Gasteiger partial charge in [0.1, 0.15) is 12.4 Å². The lowest BCUT2D eigenvalue weighted by Crippen LogP contribution is -2.39. The van der Waals surface area contributed by atoms with Crippen molar-refractivity contribution < 1.29 is 9.53 Å². The summed E-state index contributed by atoms with van der Waals surface area (Å²) in [5.74, 6) is 0.515. The van der Waals surface area contributed by atoms with E-state index in [1.807, 2.05) is 26.0 Å². The minimum absolute atomic E-state index is 0.0637. The van der Waals surface area contributed by atoms with Crippen LogP contribution in [0.1, 0.15) is 24.2 Å². The molecule has 0 atom stereocenters. The Morgan fingerprint density at radius 1 is 1.45 bits per heavy atom. The molecule has 0 spiro atoms. The lowest BCUT2D eigenvalue weighted by atomic mass is 9.93. The van der Waals surface area contributed by atoms with Crippen molar-refractivity contribution in [1.29, 1.82) is 0 Å². The number of hydrogen-bond donors (Lipinski definition) is 1. The van der Waals surface area contributed by atoms with Gasteiger partial charge in [0.15, 0.2) is 0 Å². The van der Waals surface area contributed by atoms with Gasteiger partial charge < -0.3 is 15.4 Å².